The highest BCUT2D eigenvalue weighted by Gasteiger charge is 2.42. The molecule has 3 atom stereocenters. The number of hydrogen-bond acceptors (Lipinski definition) is 3. The fraction of sp³-hybridized carbons (Fsp3) is 0.667. The number of nitrogens with two attached hydrogens (primary N) is 1. The molecule has 1 aliphatic heterocycles. The number of piperazine rings is 1. The van der Waals surface area contributed by atoms with Gasteiger partial charge in [-0.05, 0) is 48.8 Å². The number of halogens is 2. The van der Waals surface area contributed by atoms with Gasteiger partial charge in [-0.2, -0.15) is 0 Å². The Morgan fingerprint density at radius 1 is 1.00 bits per heavy atom. The Labute approximate surface area is 152 Å². The van der Waals surface area contributed by atoms with E-state index in [1.54, 1.807) is 0 Å². The fourth-order valence-corrected chi connectivity index (χ4v) is 4.86. The highest BCUT2D eigenvalue weighted by molar-refractivity contribution is 5.85. The fourth-order valence-electron chi connectivity index (χ4n) is 4.86. The van der Waals surface area contributed by atoms with Crippen LogP contribution in [0.25, 0.3) is 0 Å². The molecule has 0 spiro atoms. The second kappa shape index (κ2) is 8.06. The van der Waals surface area contributed by atoms with Crippen LogP contribution < -0.4 is 5.73 Å². The molecule has 0 radical (unpaired) electrons. The predicted molar refractivity (Wildman–Crippen MR) is 101 cm³/mol. The lowest BCUT2D eigenvalue weighted by atomic mass is 9.93. The number of nitrogen functional groups attached to an aromatic ring is 1. The van der Waals surface area contributed by atoms with Gasteiger partial charge >= 0.3 is 0 Å². The molecule has 2 saturated carbocycles. The number of anilines is 1. The van der Waals surface area contributed by atoms with Crippen LogP contribution in [-0.2, 0) is 6.54 Å². The van der Waals surface area contributed by atoms with Gasteiger partial charge in [-0.3, -0.25) is 9.80 Å². The molecule has 3 aliphatic rings. The average Bonchev–Trinajstić information content (AvgIpc) is 3.11. The minimum atomic E-state index is 0. The van der Waals surface area contributed by atoms with Crippen molar-refractivity contribution in [3.05, 3.63) is 29.8 Å². The molecule has 0 aromatic heterocycles. The maximum absolute atomic E-state index is 5.88. The summed E-state index contributed by atoms with van der Waals surface area (Å²) in [6.07, 6.45) is 6.02. The molecule has 1 heterocycles. The van der Waals surface area contributed by atoms with Crippen LogP contribution in [0.15, 0.2) is 24.3 Å². The van der Waals surface area contributed by atoms with Crippen LogP contribution >= 0.6 is 24.8 Å². The van der Waals surface area contributed by atoms with Crippen molar-refractivity contribution in [1.82, 2.24) is 9.80 Å². The quantitative estimate of drug-likeness (QED) is 0.841. The van der Waals surface area contributed by atoms with Gasteiger partial charge in [0, 0.05) is 44.5 Å². The van der Waals surface area contributed by atoms with Crippen molar-refractivity contribution >= 4 is 30.5 Å². The lowest BCUT2D eigenvalue weighted by molar-refractivity contribution is 0.0680. The molecule has 5 heteroatoms. The summed E-state index contributed by atoms with van der Waals surface area (Å²) in [5, 5.41) is 0. The Morgan fingerprint density at radius 2 is 1.78 bits per heavy atom. The summed E-state index contributed by atoms with van der Waals surface area (Å²) < 4.78 is 0. The summed E-state index contributed by atoms with van der Waals surface area (Å²) >= 11 is 0. The molecule has 3 unspecified atom stereocenters. The minimum Gasteiger partial charge on any atom is -0.399 e. The third kappa shape index (κ3) is 4.14. The second-order valence-electron chi connectivity index (χ2n) is 7.30. The lowest BCUT2D eigenvalue weighted by Gasteiger charge is -2.41. The summed E-state index contributed by atoms with van der Waals surface area (Å²) in [6, 6.07) is 9.26. The zero-order valence-corrected chi connectivity index (χ0v) is 15.3. The molecule has 23 heavy (non-hydrogen) atoms. The topological polar surface area (TPSA) is 32.5 Å². The van der Waals surface area contributed by atoms with Gasteiger partial charge in [0.1, 0.15) is 0 Å². The molecule has 1 saturated heterocycles. The molecule has 2 aliphatic carbocycles. The van der Waals surface area contributed by atoms with Gasteiger partial charge < -0.3 is 5.73 Å². The Balaban J connectivity index is 0.000000960. The van der Waals surface area contributed by atoms with Crippen molar-refractivity contribution in [3.63, 3.8) is 0 Å². The molecule has 1 aromatic carbocycles. The van der Waals surface area contributed by atoms with E-state index in [0.29, 0.717) is 0 Å². The molecule has 2 N–H and O–H groups in total. The first-order valence-electron chi connectivity index (χ1n) is 8.59. The van der Waals surface area contributed by atoms with Crippen molar-refractivity contribution in [3.8, 4) is 0 Å². The Morgan fingerprint density at radius 3 is 2.39 bits per heavy atom. The Bertz CT molecular complexity index is 503. The molecular weight excluding hydrogens is 329 g/mol. The normalized spacial score (nSPS) is 30.7. The van der Waals surface area contributed by atoms with Gasteiger partial charge in [-0.15, -0.1) is 24.8 Å². The van der Waals surface area contributed by atoms with Gasteiger partial charge in [0.05, 0.1) is 0 Å². The molecule has 0 amide bonds. The van der Waals surface area contributed by atoms with E-state index in [1.807, 2.05) is 6.07 Å². The van der Waals surface area contributed by atoms with E-state index in [9.17, 15) is 0 Å². The third-order valence-electron chi connectivity index (χ3n) is 5.93. The van der Waals surface area contributed by atoms with Crippen LogP contribution in [0.5, 0.6) is 0 Å². The minimum absolute atomic E-state index is 0. The number of hydrogen-bond donors (Lipinski definition) is 1. The van der Waals surface area contributed by atoms with Crippen molar-refractivity contribution in [2.75, 3.05) is 31.9 Å². The highest BCUT2D eigenvalue weighted by Crippen LogP contribution is 2.46. The molecule has 3 fully saturated rings. The summed E-state index contributed by atoms with van der Waals surface area (Å²) in [4.78, 5) is 5.37. The SMILES string of the molecule is Cl.Cl.Nc1cccc(CN2CCN(C3CC4CCC3C4)CC2)c1. The lowest BCUT2D eigenvalue weighted by Crippen LogP contribution is -2.51. The zero-order chi connectivity index (χ0) is 14.2. The van der Waals surface area contributed by atoms with Crippen LogP contribution in [0.2, 0.25) is 0 Å². The number of nitrogens with zero attached hydrogens (tertiary/aromatic N) is 2. The van der Waals surface area contributed by atoms with Gasteiger partial charge in [0.2, 0.25) is 0 Å². The molecule has 130 valence electrons. The molecule has 3 nitrogen and oxygen atoms in total. The first-order chi connectivity index (χ1) is 10.3. The van der Waals surface area contributed by atoms with Gasteiger partial charge in [0.15, 0.2) is 0 Å². The van der Waals surface area contributed by atoms with E-state index in [1.165, 1.54) is 57.4 Å². The molecular formula is C18H29Cl2N3. The van der Waals surface area contributed by atoms with Gasteiger partial charge in [0.25, 0.3) is 0 Å². The van der Waals surface area contributed by atoms with E-state index in [-0.39, 0.29) is 24.8 Å². The first-order valence-corrected chi connectivity index (χ1v) is 8.59. The van der Waals surface area contributed by atoms with E-state index in [4.69, 9.17) is 5.73 Å². The maximum Gasteiger partial charge on any atom is 0.0317 e. The predicted octanol–water partition coefficient (Wildman–Crippen LogP) is 3.42. The molecule has 1 aromatic rings. The first kappa shape index (κ1) is 18.9. The summed E-state index contributed by atoms with van der Waals surface area (Å²) in [5.74, 6) is 2.08. The van der Waals surface area contributed by atoms with E-state index >= 15 is 0 Å². The van der Waals surface area contributed by atoms with Gasteiger partial charge in [-0.25, -0.2) is 0 Å². The van der Waals surface area contributed by atoms with E-state index in [2.05, 4.69) is 28.0 Å². The van der Waals surface area contributed by atoms with Crippen molar-refractivity contribution < 1.29 is 0 Å². The van der Waals surface area contributed by atoms with Crippen LogP contribution in [0, 0.1) is 11.8 Å². The number of fused-ring (bicyclic) bond motifs is 2. The molecule has 2 bridgehead atoms. The maximum atomic E-state index is 5.88. The van der Waals surface area contributed by atoms with Crippen LogP contribution in [-0.4, -0.2) is 42.0 Å². The van der Waals surface area contributed by atoms with Crippen LogP contribution in [0.3, 0.4) is 0 Å². The van der Waals surface area contributed by atoms with Gasteiger partial charge in [-0.1, -0.05) is 18.6 Å². The Hall–Kier alpha value is -0.480. The van der Waals surface area contributed by atoms with E-state index < -0.39 is 0 Å². The van der Waals surface area contributed by atoms with Crippen LogP contribution in [0.4, 0.5) is 5.69 Å². The van der Waals surface area contributed by atoms with Crippen molar-refractivity contribution in [1.29, 1.82) is 0 Å². The second-order valence-corrected chi connectivity index (χ2v) is 7.30. The van der Waals surface area contributed by atoms with Crippen LogP contribution in [0.1, 0.15) is 31.2 Å². The zero-order valence-electron chi connectivity index (χ0n) is 13.7. The number of benzene rings is 1. The summed E-state index contributed by atoms with van der Waals surface area (Å²) in [7, 11) is 0. The standard InChI is InChI=1S/C18H27N3.2ClH/c19-17-3-1-2-15(11-17)13-20-6-8-21(9-7-20)18-12-14-4-5-16(18)10-14;;/h1-3,11,14,16,18H,4-10,12-13,19H2;2*1H. The Kier molecular flexibility index (Phi) is 6.61. The third-order valence-corrected chi connectivity index (χ3v) is 5.93. The molecule has 4 rings (SSSR count). The summed E-state index contributed by atoms with van der Waals surface area (Å²) in [5.41, 5.74) is 8.11. The van der Waals surface area contributed by atoms with E-state index in [0.717, 1.165) is 30.1 Å². The van der Waals surface area contributed by atoms with Crippen molar-refractivity contribution in [2.45, 2.75) is 38.3 Å². The smallest absolute Gasteiger partial charge is 0.0317 e. The largest absolute Gasteiger partial charge is 0.399 e. The number of rotatable bonds is 3. The highest BCUT2D eigenvalue weighted by atomic mass is 35.5. The average molecular weight is 358 g/mol. The van der Waals surface area contributed by atoms with Crippen molar-refractivity contribution in [2.24, 2.45) is 11.8 Å². The summed E-state index contributed by atoms with van der Waals surface area (Å²) in [6.45, 7) is 5.99. The monoisotopic (exact) mass is 357 g/mol.